The van der Waals surface area contributed by atoms with Gasteiger partial charge in [-0.2, -0.15) is 0 Å². The van der Waals surface area contributed by atoms with E-state index in [0.29, 0.717) is 11.3 Å². The lowest BCUT2D eigenvalue weighted by Crippen LogP contribution is -2.25. The summed E-state index contributed by atoms with van der Waals surface area (Å²) < 4.78 is 0. The van der Waals surface area contributed by atoms with Crippen molar-refractivity contribution < 1.29 is 14.7 Å². The number of hydrogen-bond donors (Lipinski definition) is 1. The average molecular weight is 335 g/mol. The van der Waals surface area contributed by atoms with E-state index >= 15 is 0 Å². The Hall–Kier alpha value is -2.95. The molecular weight excluding hydrogens is 316 g/mol. The minimum atomic E-state index is -1.22. The molecule has 3 aromatic rings. The highest BCUT2D eigenvalue weighted by atomic mass is 16.4. The van der Waals surface area contributed by atoms with Crippen LogP contribution in [0.15, 0.2) is 36.5 Å². The van der Waals surface area contributed by atoms with Crippen LogP contribution in [0, 0.1) is 0 Å². The number of aromatic nitrogens is 2. The molecule has 0 saturated heterocycles. The number of carbonyl (C=O) groups is 2. The van der Waals surface area contributed by atoms with Crippen molar-refractivity contribution in [3.8, 4) is 0 Å². The molecule has 0 saturated carbocycles. The number of rotatable bonds is 6. The van der Waals surface area contributed by atoms with Crippen molar-refractivity contribution >= 4 is 22.7 Å². The van der Waals surface area contributed by atoms with E-state index in [-0.39, 0.29) is 17.9 Å². The molecular formula is C20H19N2O3-. The molecule has 0 aliphatic carbocycles. The molecule has 0 unspecified atom stereocenters. The number of carbonyl (C=O) groups excluding carboxylic acids is 2. The van der Waals surface area contributed by atoms with E-state index in [2.05, 4.69) is 9.97 Å². The highest BCUT2D eigenvalue weighted by molar-refractivity contribution is 6.11. The molecule has 128 valence electrons. The number of nitrogens with zero attached hydrogens (tertiary/aromatic N) is 1. The molecule has 5 nitrogen and oxygen atoms in total. The van der Waals surface area contributed by atoms with Gasteiger partial charge >= 0.3 is 0 Å². The van der Waals surface area contributed by atoms with Gasteiger partial charge in [-0.1, -0.05) is 19.9 Å². The smallest absolute Gasteiger partial charge is 0.227 e. The van der Waals surface area contributed by atoms with Crippen molar-refractivity contribution in [2.75, 3.05) is 0 Å². The molecule has 0 amide bonds. The van der Waals surface area contributed by atoms with Crippen LogP contribution in [-0.4, -0.2) is 21.7 Å². The molecule has 1 N–H and O–H groups in total. The number of H-pyrrole nitrogens is 1. The minimum absolute atomic E-state index is 0.271. The van der Waals surface area contributed by atoms with E-state index in [1.54, 1.807) is 12.3 Å². The van der Waals surface area contributed by atoms with Crippen molar-refractivity contribution in [3.63, 3.8) is 0 Å². The van der Waals surface area contributed by atoms with Gasteiger partial charge < -0.3 is 14.9 Å². The molecule has 25 heavy (non-hydrogen) atoms. The molecule has 0 atom stereocenters. The van der Waals surface area contributed by atoms with Crippen LogP contribution in [-0.2, 0) is 24.1 Å². The molecule has 2 heterocycles. The molecule has 0 aliphatic heterocycles. The summed E-state index contributed by atoms with van der Waals surface area (Å²) in [5.41, 5.74) is 3.86. The molecule has 0 bridgehead atoms. The van der Waals surface area contributed by atoms with Gasteiger partial charge in [-0.3, -0.25) is 9.78 Å². The lowest BCUT2D eigenvalue weighted by atomic mass is 10.0. The number of carboxylic acid groups (broad SMARTS) is 1. The Labute approximate surface area is 145 Å². The lowest BCUT2D eigenvalue weighted by molar-refractivity contribution is -0.304. The van der Waals surface area contributed by atoms with Crippen molar-refractivity contribution in [3.05, 3.63) is 64.6 Å². The summed E-state index contributed by atoms with van der Waals surface area (Å²) in [5, 5.41) is 12.0. The predicted molar refractivity (Wildman–Crippen MR) is 93.4 cm³/mol. The largest absolute Gasteiger partial charge is 0.550 e. The maximum absolute atomic E-state index is 12.9. The summed E-state index contributed by atoms with van der Waals surface area (Å²) in [4.78, 5) is 31.4. The standard InChI is InChI=1S/C20H20N2O3/c1-3-12-5-6-16-14(9-12)15(11-18(23)24)19(22-16)20(25)17-10-13(4-2)7-8-21-17/h5-10,22H,3-4,11H2,1-2H3,(H,23,24)/p-1. The summed E-state index contributed by atoms with van der Waals surface area (Å²) in [6.07, 6.45) is 2.90. The number of pyridine rings is 1. The van der Waals surface area contributed by atoms with Gasteiger partial charge in [-0.25, -0.2) is 0 Å². The topological polar surface area (TPSA) is 85.9 Å². The second-order valence-electron chi connectivity index (χ2n) is 5.99. The molecule has 1 aromatic carbocycles. The number of hydrogen-bond acceptors (Lipinski definition) is 4. The maximum Gasteiger partial charge on any atom is 0.227 e. The van der Waals surface area contributed by atoms with E-state index in [1.807, 2.05) is 38.1 Å². The first kappa shape index (κ1) is 16.9. The van der Waals surface area contributed by atoms with E-state index in [0.717, 1.165) is 34.9 Å². The van der Waals surface area contributed by atoms with Gasteiger partial charge in [0.15, 0.2) is 0 Å². The summed E-state index contributed by atoms with van der Waals surface area (Å²) in [7, 11) is 0. The van der Waals surface area contributed by atoms with Crippen LogP contribution in [0.1, 0.15) is 46.7 Å². The van der Waals surface area contributed by atoms with Gasteiger partial charge in [0.2, 0.25) is 5.78 Å². The van der Waals surface area contributed by atoms with Gasteiger partial charge in [0.05, 0.1) is 5.69 Å². The third kappa shape index (κ3) is 3.31. The Balaban J connectivity index is 2.16. The fourth-order valence-corrected chi connectivity index (χ4v) is 2.98. The quantitative estimate of drug-likeness (QED) is 0.700. The second-order valence-corrected chi connectivity index (χ2v) is 5.99. The van der Waals surface area contributed by atoms with E-state index in [4.69, 9.17) is 0 Å². The maximum atomic E-state index is 12.9. The van der Waals surface area contributed by atoms with Crippen LogP contribution >= 0.6 is 0 Å². The van der Waals surface area contributed by atoms with Gasteiger partial charge in [-0.05, 0) is 53.8 Å². The SMILES string of the molecule is CCc1ccnc(C(=O)c2[nH]c3ccc(CC)cc3c2CC(=O)[O-])c1. The Morgan fingerprint density at radius 2 is 1.80 bits per heavy atom. The van der Waals surface area contributed by atoms with Crippen LogP contribution in [0.4, 0.5) is 0 Å². The summed E-state index contributed by atoms with van der Waals surface area (Å²) in [6.45, 7) is 4.03. The number of benzene rings is 1. The van der Waals surface area contributed by atoms with E-state index in [1.165, 1.54) is 0 Å². The van der Waals surface area contributed by atoms with Crippen LogP contribution in [0.25, 0.3) is 10.9 Å². The summed E-state index contributed by atoms with van der Waals surface area (Å²) in [6, 6.07) is 9.37. The number of fused-ring (bicyclic) bond motifs is 1. The average Bonchev–Trinajstić information content (AvgIpc) is 2.98. The van der Waals surface area contributed by atoms with Crippen molar-refractivity contribution in [2.24, 2.45) is 0 Å². The first-order chi connectivity index (χ1) is 12.0. The Kier molecular flexibility index (Phi) is 4.65. The number of ketones is 1. The summed E-state index contributed by atoms with van der Waals surface area (Å²) >= 11 is 0. The fraction of sp³-hybridized carbons (Fsp3) is 0.250. The molecule has 2 aromatic heterocycles. The van der Waals surface area contributed by atoms with Gasteiger partial charge in [-0.15, -0.1) is 0 Å². The lowest BCUT2D eigenvalue weighted by Gasteiger charge is -2.06. The molecule has 0 fully saturated rings. The van der Waals surface area contributed by atoms with Gasteiger partial charge in [0, 0.05) is 29.5 Å². The Morgan fingerprint density at radius 1 is 1.08 bits per heavy atom. The van der Waals surface area contributed by atoms with Crippen LogP contribution in [0.5, 0.6) is 0 Å². The highest BCUT2D eigenvalue weighted by Crippen LogP contribution is 2.26. The summed E-state index contributed by atoms with van der Waals surface area (Å²) in [5.74, 6) is -1.52. The number of carboxylic acids is 1. The van der Waals surface area contributed by atoms with Crippen molar-refractivity contribution in [1.29, 1.82) is 0 Å². The Morgan fingerprint density at radius 3 is 2.48 bits per heavy atom. The molecule has 0 spiro atoms. The van der Waals surface area contributed by atoms with Crippen LogP contribution in [0.3, 0.4) is 0 Å². The molecule has 5 heteroatoms. The molecule has 0 aliphatic rings. The first-order valence-corrected chi connectivity index (χ1v) is 8.36. The minimum Gasteiger partial charge on any atom is -0.550 e. The number of aliphatic carboxylic acids is 1. The number of aromatic amines is 1. The fourth-order valence-electron chi connectivity index (χ4n) is 2.98. The zero-order valence-electron chi connectivity index (χ0n) is 14.3. The van der Waals surface area contributed by atoms with E-state index < -0.39 is 5.97 Å². The predicted octanol–water partition coefficient (Wildman–Crippen LogP) is 2.21. The van der Waals surface area contributed by atoms with Gasteiger partial charge in [0.1, 0.15) is 5.69 Å². The van der Waals surface area contributed by atoms with Crippen LogP contribution < -0.4 is 5.11 Å². The molecule has 3 rings (SSSR count). The third-order valence-corrected chi connectivity index (χ3v) is 4.39. The molecule has 0 radical (unpaired) electrons. The van der Waals surface area contributed by atoms with E-state index in [9.17, 15) is 14.7 Å². The van der Waals surface area contributed by atoms with Gasteiger partial charge in [0.25, 0.3) is 0 Å². The normalized spacial score (nSPS) is 11.0. The number of aryl methyl sites for hydroxylation is 2. The first-order valence-electron chi connectivity index (χ1n) is 8.36. The second kappa shape index (κ2) is 6.89. The monoisotopic (exact) mass is 335 g/mol. The number of nitrogens with one attached hydrogen (secondary N) is 1. The third-order valence-electron chi connectivity index (χ3n) is 4.39. The Bertz CT molecular complexity index is 957. The van der Waals surface area contributed by atoms with Crippen molar-refractivity contribution in [2.45, 2.75) is 33.1 Å². The van der Waals surface area contributed by atoms with Crippen LogP contribution in [0.2, 0.25) is 0 Å². The highest BCUT2D eigenvalue weighted by Gasteiger charge is 2.20. The zero-order chi connectivity index (χ0) is 18.0. The van der Waals surface area contributed by atoms with Crippen molar-refractivity contribution in [1.82, 2.24) is 9.97 Å². The zero-order valence-corrected chi connectivity index (χ0v) is 14.3.